The van der Waals surface area contributed by atoms with Crippen molar-refractivity contribution >= 4 is 0 Å². The number of hydrogen-bond acceptors (Lipinski definition) is 1. The third-order valence-corrected chi connectivity index (χ3v) is 2.34. The molecular weight excluding hydrogens is 138 g/mol. The maximum Gasteiger partial charge on any atom is 0.345 e. The lowest BCUT2D eigenvalue weighted by molar-refractivity contribution is -0.140. The van der Waals surface area contributed by atoms with Gasteiger partial charge >= 0.3 is 6.61 Å². The third-order valence-electron chi connectivity index (χ3n) is 2.34. The summed E-state index contributed by atoms with van der Waals surface area (Å²) in [7, 11) is 0. The standard InChI is InChI=1S/C7H12F2O/c1-5-3-7(5,2)4-10-6(8)9/h5-6H,3-4H2,1-2H3/t5?,7-/m0/s1. The first kappa shape index (κ1) is 7.92. The predicted molar refractivity (Wildman–Crippen MR) is 33.8 cm³/mol. The normalized spacial score (nSPS) is 38.7. The average molecular weight is 150 g/mol. The Morgan fingerprint density at radius 3 is 2.50 bits per heavy atom. The molecule has 1 nitrogen and oxygen atoms in total. The molecule has 60 valence electrons. The van der Waals surface area contributed by atoms with Crippen LogP contribution in [0, 0.1) is 11.3 Å². The third kappa shape index (κ3) is 1.66. The van der Waals surface area contributed by atoms with Crippen LogP contribution in [-0.4, -0.2) is 13.2 Å². The van der Waals surface area contributed by atoms with Gasteiger partial charge in [-0.25, -0.2) is 0 Å². The van der Waals surface area contributed by atoms with Crippen LogP contribution >= 0.6 is 0 Å². The molecule has 1 rings (SSSR count). The molecule has 0 heterocycles. The fraction of sp³-hybridized carbons (Fsp3) is 1.00. The van der Waals surface area contributed by atoms with Gasteiger partial charge in [0.2, 0.25) is 0 Å². The minimum atomic E-state index is -2.61. The topological polar surface area (TPSA) is 9.23 Å². The van der Waals surface area contributed by atoms with Crippen LogP contribution in [0.3, 0.4) is 0 Å². The van der Waals surface area contributed by atoms with Crippen LogP contribution in [-0.2, 0) is 4.74 Å². The zero-order valence-electron chi connectivity index (χ0n) is 6.23. The zero-order valence-corrected chi connectivity index (χ0v) is 6.23. The molecule has 0 radical (unpaired) electrons. The van der Waals surface area contributed by atoms with E-state index < -0.39 is 6.61 Å². The summed E-state index contributed by atoms with van der Waals surface area (Å²) in [5.74, 6) is 0.547. The van der Waals surface area contributed by atoms with Crippen LogP contribution in [0.5, 0.6) is 0 Å². The highest BCUT2D eigenvalue weighted by Gasteiger charge is 2.47. The molecule has 1 aliphatic carbocycles. The van der Waals surface area contributed by atoms with Gasteiger partial charge in [0.15, 0.2) is 0 Å². The monoisotopic (exact) mass is 150 g/mol. The summed E-state index contributed by atoms with van der Waals surface area (Å²) < 4.78 is 27.2. The van der Waals surface area contributed by atoms with E-state index in [0.717, 1.165) is 6.42 Å². The van der Waals surface area contributed by atoms with Crippen molar-refractivity contribution in [1.82, 2.24) is 0 Å². The Morgan fingerprint density at radius 2 is 2.20 bits per heavy atom. The van der Waals surface area contributed by atoms with Crippen molar-refractivity contribution in [2.24, 2.45) is 11.3 Å². The van der Waals surface area contributed by atoms with Gasteiger partial charge < -0.3 is 4.74 Å². The van der Waals surface area contributed by atoms with Gasteiger partial charge in [-0.1, -0.05) is 13.8 Å². The molecule has 0 aromatic heterocycles. The lowest BCUT2D eigenvalue weighted by Gasteiger charge is -2.08. The number of halogens is 2. The molecule has 0 aliphatic heterocycles. The van der Waals surface area contributed by atoms with Crippen LogP contribution in [0.15, 0.2) is 0 Å². The number of rotatable bonds is 3. The first-order chi connectivity index (χ1) is 4.54. The number of hydrogen-bond donors (Lipinski definition) is 0. The molecule has 1 fully saturated rings. The second-order valence-corrected chi connectivity index (χ2v) is 3.33. The Bertz CT molecular complexity index is 127. The lowest BCUT2D eigenvalue weighted by Crippen LogP contribution is -2.11. The molecule has 1 saturated carbocycles. The summed E-state index contributed by atoms with van der Waals surface area (Å²) in [5, 5.41) is 0. The molecule has 1 unspecified atom stereocenters. The van der Waals surface area contributed by atoms with Crippen LogP contribution in [0.1, 0.15) is 20.3 Å². The Balaban J connectivity index is 2.15. The van der Waals surface area contributed by atoms with Crippen LogP contribution in [0.4, 0.5) is 8.78 Å². The fourth-order valence-corrected chi connectivity index (χ4v) is 1.10. The highest BCUT2D eigenvalue weighted by Crippen LogP contribution is 2.51. The van der Waals surface area contributed by atoms with Gasteiger partial charge in [-0.3, -0.25) is 0 Å². The zero-order chi connectivity index (χ0) is 7.78. The van der Waals surface area contributed by atoms with Crippen molar-refractivity contribution in [2.45, 2.75) is 26.9 Å². The average Bonchev–Trinajstić information content (AvgIpc) is 2.38. The minimum absolute atomic E-state index is 0.0381. The summed E-state index contributed by atoms with van der Waals surface area (Å²) in [6, 6.07) is 0. The molecule has 0 saturated heterocycles. The second-order valence-electron chi connectivity index (χ2n) is 3.33. The molecule has 3 heteroatoms. The molecule has 10 heavy (non-hydrogen) atoms. The van der Waals surface area contributed by atoms with Gasteiger partial charge in [0, 0.05) is 0 Å². The Morgan fingerprint density at radius 1 is 1.70 bits per heavy atom. The summed E-state index contributed by atoms with van der Waals surface area (Å²) >= 11 is 0. The van der Waals surface area contributed by atoms with E-state index in [1.165, 1.54) is 0 Å². The maximum absolute atomic E-state index is 11.5. The second kappa shape index (κ2) is 2.46. The van der Waals surface area contributed by atoms with E-state index in [9.17, 15) is 8.78 Å². The van der Waals surface area contributed by atoms with E-state index in [4.69, 9.17) is 0 Å². The molecule has 0 amide bonds. The molecule has 0 N–H and O–H groups in total. The largest absolute Gasteiger partial charge is 0.345 e. The highest BCUT2D eigenvalue weighted by molar-refractivity contribution is 4.95. The van der Waals surface area contributed by atoms with Crippen molar-refractivity contribution in [3.63, 3.8) is 0 Å². The Labute approximate surface area is 59.4 Å². The maximum atomic E-state index is 11.5. The first-order valence-electron chi connectivity index (χ1n) is 3.44. The molecule has 0 bridgehead atoms. The number of ether oxygens (including phenoxy) is 1. The lowest BCUT2D eigenvalue weighted by atomic mass is 10.1. The highest BCUT2D eigenvalue weighted by atomic mass is 19.3. The Kier molecular flexibility index (Phi) is 1.95. The van der Waals surface area contributed by atoms with E-state index in [1.54, 1.807) is 0 Å². The molecular formula is C7H12F2O. The van der Waals surface area contributed by atoms with E-state index >= 15 is 0 Å². The van der Waals surface area contributed by atoms with Crippen LogP contribution in [0.25, 0.3) is 0 Å². The summed E-state index contributed by atoms with van der Waals surface area (Å²) in [6.07, 6.45) is 1.01. The van der Waals surface area contributed by atoms with Gasteiger partial charge in [-0.15, -0.1) is 0 Å². The summed E-state index contributed by atoms with van der Waals surface area (Å²) in [6.45, 7) is 1.62. The van der Waals surface area contributed by atoms with Gasteiger partial charge in [0.25, 0.3) is 0 Å². The van der Waals surface area contributed by atoms with Crippen LogP contribution in [0.2, 0.25) is 0 Å². The quantitative estimate of drug-likeness (QED) is 0.599. The smallest absolute Gasteiger partial charge is 0.322 e. The molecule has 2 atom stereocenters. The molecule has 1 aliphatic rings. The van der Waals surface area contributed by atoms with Crippen molar-refractivity contribution in [2.75, 3.05) is 6.61 Å². The van der Waals surface area contributed by atoms with Gasteiger partial charge in [0.05, 0.1) is 6.61 Å². The van der Waals surface area contributed by atoms with Gasteiger partial charge in [-0.05, 0) is 17.8 Å². The van der Waals surface area contributed by atoms with Gasteiger partial charge in [-0.2, -0.15) is 8.78 Å². The van der Waals surface area contributed by atoms with Crippen LogP contribution < -0.4 is 0 Å². The van der Waals surface area contributed by atoms with E-state index in [-0.39, 0.29) is 12.0 Å². The Hall–Kier alpha value is -0.180. The van der Waals surface area contributed by atoms with E-state index in [2.05, 4.69) is 11.7 Å². The van der Waals surface area contributed by atoms with Crippen molar-refractivity contribution < 1.29 is 13.5 Å². The molecule has 0 aromatic rings. The van der Waals surface area contributed by atoms with Crippen molar-refractivity contribution in [1.29, 1.82) is 0 Å². The summed E-state index contributed by atoms with van der Waals surface area (Å²) in [4.78, 5) is 0. The van der Waals surface area contributed by atoms with Crippen molar-refractivity contribution in [3.05, 3.63) is 0 Å². The SMILES string of the molecule is CC1C[C@@]1(C)COC(F)F. The molecule has 0 spiro atoms. The van der Waals surface area contributed by atoms with Crippen molar-refractivity contribution in [3.8, 4) is 0 Å². The first-order valence-corrected chi connectivity index (χ1v) is 3.44. The number of alkyl halides is 2. The molecule has 0 aromatic carbocycles. The summed E-state index contributed by atoms with van der Waals surface area (Å²) in [5.41, 5.74) is 0.0381. The predicted octanol–water partition coefficient (Wildman–Crippen LogP) is 2.27. The van der Waals surface area contributed by atoms with Gasteiger partial charge in [0.1, 0.15) is 0 Å². The van der Waals surface area contributed by atoms with E-state index in [1.807, 2.05) is 6.92 Å². The minimum Gasteiger partial charge on any atom is -0.322 e. The van der Waals surface area contributed by atoms with E-state index in [0.29, 0.717) is 5.92 Å². The fourth-order valence-electron chi connectivity index (χ4n) is 1.10.